The number of fused-ring (bicyclic) bond motifs is 1. The molecule has 8 heteroatoms. The molecule has 3 heterocycles. The fourth-order valence-corrected chi connectivity index (χ4v) is 3.85. The topological polar surface area (TPSA) is 94.4 Å². The lowest BCUT2D eigenvalue weighted by molar-refractivity contribution is 0.100. The molecule has 1 saturated heterocycles. The molecule has 0 saturated carbocycles. The third-order valence-corrected chi connectivity index (χ3v) is 5.85. The first-order chi connectivity index (χ1) is 14.5. The van der Waals surface area contributed by atoms with Crippen LogP contribution < -0.4 is 10.6 Å². The molecule has 30 heavy (non-hydrogen) atoms. The molecule has 0 radical (unpaired) electrons. The number of nitrogens with two attached hydrogens (primary N) is 1. The smallest absolute Gasteiger partial charge is 0.250 e. The summed E-state index contributed by atoms with van der Waals surface area (Å²) in [5.41, 5.74) is 8.12. The summed E-state index contributed by atoms with van der Waals surface area (Å²) in [7, 11) is 2.07. The zero-order valence-corrected chi connectivity index (χ0v) is 17.6. The molecule has 3 aromatic rings. The van der Waals surface area contributed by atoms with E-state index in [1.165, 1.54) is 0 Å². The number of hydrogen-bond acceptors (Lipinski definition) is 6. The van der Waals surface area contributed by atoms with E-state index in [1.807, 2.05) is 24.4 Å². The summed E-state index contributed by atoms with van der Waals surface area (Å²) in [5, 5.41) is 0. The van der Waals surface area contributed by atoms with E-state index in [9.17, 15) is 4.79 Å². The average molecular weight is 408 g/mol. The van der Waals surface area contributed by atoms with Gasteiger partial charge in [0.1, 0.15) is 17.2 Å². The highest BCUT2D eigenvalue weighted by atomic mass is 16.1. The van der Waals surface area contributed by atoms with Crippen molar-refractivity contribution in [2.45, 2.75) is 6.92 Å². The summed E-state index contributed by atoms with van der Waals surface area (Å²) >= 11 is 0. The maximum atomic E-state index is 11.6. The number of hydrogen-bond donors (Lipinski definition) is 2. The number of carbonyl (C=O) groups is 1. The highest BCUT2D eigenvalue weighted by Gasteiger charge is 2.16. The number of nitrogens with zero attached hydrogens (tertiary/aromatic N) is 5. The maximum absolute atomic E-state index is 11.6. The fraction of sp³-hybridized carbons (Fsp3) is 0.409. The number of primary amides is 1. The quantitative estimate of drug-likeness (QED) is 0.620. The average Bonchev–Trinajstić information content (AvgIpc) is 3.22. The molecule has 1 aliphatic heterocycles. The Morgan fingerprint density at radius 1 is 1.17 bits per heavy atom. The number of amides is 1. The predicted octanol–water partition coefficient (Wildman–Crippen LogP) is 1.80. The molecule has 0 bridgehead atoms. The molecule has 0 atom stereocenters. The van der Waals surface area contributed by atoms with Gasteiger partial charge in [-0.1, -0.05) is 13.0 Å². The molecule has 1 fully saturated rings. The van der Waals surface area contributed by atoms with Crippen molar-refractivity contribution in [1.82, 2.24) is 24.8 Å². The van der Waals surface area contributed by atoms with Crippen molar-refractivity contribution in [3.05, 3.63) is 42.1 Å². The van der Waals surface area contributed by atoms with Crippen LogP contribution in [0, 0.1) is 0 Å². The number of aromatic nitrogens is 3. The number of benzene rings is 1. The van der Waals surface area contributed by atoms with Crippen molar-refractivity contribution < 1.29 is 4.79 Å². The van der Waals surface area contributed by atoms with E-state index in [2.05, 4.69) is 43.6 Å². The van der Waals surface area contributed by atoms with E-state index in [1.54, 1.807) is 12.1 Å². The predicted molar refractivity (Wildman–Crippen MR) is 120 cm³/mol. The minimum atomic E-state index is -0.482. The number of likely N-dealkylation sites (N-methyl/N-ethyl adjacent to an activating group) is 2. The van der Waals surface area contributed by atoms with Gasteiger partial charge in [-0.3, -0.25) is 9.69 Å². The molecular formula is C22H29N7O. The van der Waals surface area contributed by atoms with Gasteiger partial charge in [-0.2, -0.15) is 0 Å². The van der Waals surface area contributed by atoms with Crippen LogP contribution in [0.2, 0.25) is 0 Å². The first-order valence-electron chi connectivity index (χ1n) is 10.5. The van der Waals surface area contributed by atoms with E-state index in [-0.39, 0.29) is 0 Å². The molecule has 158 valence electrons. The van der Waals surface area contributed by atoms with Gasteiger partial charge in [0.25, 0.3) is 5.91 Å². The first kappa shape index (κ1) is 20.3. The largest absolute Gasteiger partial charge is 0.366 e. The molecule has 0 unspecified atom stereocenters. The SMILES string of the molecule is CCN1CCN(CCN(C)c2ccc(-c3nc4c(C(N)=O)cccc4[nH]3)cn2)CC1. The number of rotatable bonds is 7. The number of imidazole rings is 1. The second kappa shape index (κ2) is 8.81. The summed E-state index contributed by atoms with van der Waals surface area (Å²) in [4.78, 5) is 31.3. The van der Waals surface area contributed by atoms with Crippen LogP contribution in [-0.4, -0.2) is 83.5 Å². The van der Waals surface area contributed by atoms with Crippen LogP contribution >= 0.6 is 0 Å². The number of anilines is 1. The Morgan fingerprint density at radius 3 is 2.60 bits per heavy atom. The second-order valence-electron chi connectivity index (χ2n) is 7.75. The zero-order chi connectivity index (χ0) is 21.1. The van der Waals surface area contributed by atoms with Gasteiger partial charge in [-0.05, 0) is 30.8 Å². The van der Waals surface area contributed by atoms with Crippen molar-refractivity contribution in [3.8, 4) is 11.4 Å². The van der Waals surface area contributed by atoms with Crippen LogP contribution in [0.25, 0.3) is 22.4 Å². The number of piperazine rings is 1. The van der Waals surface area contributed by atoms with Gasteiger partial charge in [0, 0.05) is 58.1 Å². The van der Waals surface area contributed by atoms with Crippen LogP contribution in [0.15, 0.2) is 36.5 Å². The highest BCUT2D eigenvalue weighted by Crippen LogP contribution is 2.23. The Hall–Kier alpha value is -2.97. The van der Waals surface area contributed by atoms with Gasteiger partial charge in [0.2, 0.25) is 0 Å². The second-order valence-corrected chi connectivity index (χ2v) is 7.75. The zero-order valence-electron chi connectivity index (χ0n) is 17.6. The van der Waals surface area contributed by atoms with E-state index in [0.29, 0.717) is 16.9 Å². The van der Waals surface area contributed by atoms with Gasteiger partial charge in [-0.25, -0.2) is 9.97 Å². The van der Waals surface area contributed by atoms with Gasteiger partial charge in [0.15, 0.2) is 0 Å². The first-order valence-corrected chi connectivity index (χ1v) is 10.5. The minimum absolute atomic E-state index is 0.416. The van der Waals surface area contributed by atoms with Crippen molar-refractivity contribution in [1.29, 1.82) is 0 Å². The molecule has 1 amide bonds. The van der Waals surface area contributed by atoms with E-state index >= 15 is 0 Å². The van der Waals surface area contributed by atoms with Crippen LogP contribution in [0.4, 0.5) is 5.82 Å². The van der Waals surface area contributed by atoms with E-state index in [0.717, 1.165) is 62.7 Å². The van der Waals surface area contributed by atoms with Crippen LogP contribution in [0.5, 0.6) is 0 Å². The maximum Gasteiger partial charge on any atom is 0.250 e. The Bertz CT molecular complexity index is 1010. The third-order valence-electron chi connectivity index (χ3n) is 5.85. The highest BCUT2D eigenvalue weighted by molar-refractivity contribution is 6.04. The third kappa shape index (κ3) is 4.29. The summed E-state index contributed by atoms with van der Waals surface area (Å²) < 4.78 is 0. The standard InChI is InChI=1S/C22H29N7O/c1-3-28-11-13-29(14-12-28)10-9-27(2)19-8-7-16(15-24-19)22-25-18-6-4-5-17(21(23)30)20(18)26-22/h4-8,15H,3,9-14H2,1-2H3,(H2,23,30)(H,25,26). The molecular weight excluding hydrogens is 378 g/mol. The Labute approximate surface area is 176 Å². The number of pyridine rings is 1. The summed E-state index contributed by atoms with van der Waals surface area (Å²) in [5.74, 6) is 1.12. The lowest BCUT2D eigenvalue weighted by atomic mass is 10.2. The molecule has 8 nitrogen and oxygen atoms in total. The number of nitrogens with one attached hydrogen (secondary N) is 1. The van der Waals surface area contributed by atoms with Crippen LogP contribution in [-0.2, 0) is 0 Å². The normalized spacial score (nSPS) is 15.5. The minimum Gasteiger partial charge on any atom is -0.366 e. The number of para-hydroxylation sites is 1. The van der Waals surface area contributed by atoms with Crippen molar-refractivity contribution in [3.63, 3.8) is 0 Å². The molecule has 1 aromatic carbocycles. The summed E-state index contributed by atoms with van der Waals surface area (Å²) in [6.45, 7) is 9.91. The lowest BCUT2D eigenvalue weighted by Gasteiger charge is -2.34. The number of aromatic amines is 1. The van der Waals surface area contributed by atoms with Crippen molar-refractivity contribution in [2.75, 3.05) is 57.8 Å². The van der Waals surface area contributed by atoms with E-state index < -0.39 is 5.91 Å². The summed E-state index contributed by atoms with van der Waals surface area (Å²) in [6.07, 6.45) is 1.81. The number of carbonyl (C=O) groups excluding carboxylic acids is 1. The molecule has 3 N–H and O–H groups in total. The van der Waals surface area contributed by atoms with Gasteiger partial charge in [-0.15, -0.1) is 0 Å². The number of H-pyrrole nitrogens is 1. The molecule has 0 aliphatic carbocycles. The Morgan fingerprint density at radius 2 is 1.93 bits per heavy atom. The monoisotopic (exact) mass is 407 g/mol. The molecule has 4 rings (SSSR count). The van der Waals surface area contributed by atoms with Gasteiger partial charge >= 0.3 is 0 Å². The van der Waals surface area contributed by atoms with Crippen LogP contribution in [0.3, 0.4) is 0 Å². The van der Waals surface area contributed by atoms with Crippen molar-refractivity contribution in [2.24, 2.45) is 5.73 Å². The van der Waals surface area contributed by atoms with E-state index in [4.69, 9.17) is 5.73 Å². The molecule has 2 aromatic heterocycles. The lowest BCUT2D eigenvalue weighted by Crippen LogP contribution is -2.48. The Balaban J connectivity index is 1.41. The van der Waals surface area contributed by atoms with Crippen molar-refractivity contribution >= 4 is 22.8 Å². The molecule has 0 spiro atoms. The summed E-state index contributed by atoms with van der Waals surface area (Å²) in [6, 6.07) is 9.37. The van der Waals surface area contributed by atoms with Crippen LogP contribution in [0.1, 0.15) is 17.3 Å². The molecule has 1 aliphatic rings. The Kier molecular flexibility index (Phi) is 5.96. The van der Waals surface area contributed by atoms with Gasteiger partial charge < -0.3 is 20.5 Å². The fourth-order valence-electron chi connectivity index (χ4n) is 3.85. The van der Waals surface area contributed by atoms with Gasteiger partial charge in [0.05, 0.1) is 11.1 Å².